The molecule has 0 aromatic heterocycles. The van der Waals surface area contributed by atoms with E-state index in [0.717, 1.165) is 5.56 Å². The van der Waals surface area contributed by atoms with Gasteiger partial charge in [-0.25, -0.2) is 9.18 Å². The lowest BCUT2D eigenvalue weighted by molar-refractivity contribution is -0.137. The molecule has 0 heterocycles. The van der Waals surface area contributed by atoms with Crippen molar-refractivity contribution in [3.63, 3.8) is 0 Å². The number of amides is 2. The fraction of sp³-hybridized carbons (Fsp3) is 0.385. The molecule has 1 rings (SSSR count). The van der Waals surface area contributed by atoms with E-state index in [2.05, 4.69) is 10.6 Å². The smallest absolute Gasteiger partial charge is 0.315 e. The molecule has 104 valence electrons. The second-order valence-corrected chi connectivity index (χ2v) is 4.16. The summed E-state index contributed by atoms with van der Waals surface area (Å²) in [4.78, 5) is 22.1. The first-order valence-electron chi connectivity index (χ1n) is 6.02. The average Bonchev–Trinajstić information content (AvgIpc) is 2.36. The number of halogens is 1. The Labute approximate surface area is 110 Å². The molecular weight excluding hydrogens is 251 g/mol. The second kappa shape index (κ2) is 7.35. The van der Waals surface area contributed by atoms with E-state index in [0.29, 0.717) is 6.42 Å². The lowest BCUT2D eigenvalue weighted by Gasteiger charge is -2.15. The van der Waals surface area contributed by atoms with E-state index in [1.54, 1.807) is 19.1 Å². The molecule has 0 radical (unpaired) electrons. The first kappa shape index (κ1) is 14.9. The Morgan fingerprint density at radius 3 is 2.47 bits per heavy atom. The molecule has 0 fully saturated rings. The Balaban J connectivity index is 2.38. The molecule has 1 aromatic carbocycles. The molecule has 1 atom stereocenters. The van der Waals surface area contributed by atoms with Crippen LogP contribution in [-0.4, -0.2) is 23.1 Å². The monoisotopic (exact) mass is 268 g/mol. The largest absolute Gasteiger partial charge is 0.481 e. The molecule has 3 N–H and O–H groups in total. The summed E-state index contributed by atoms with van der Waals surface area (Å²) in [7, 11) is 0. The number of hydrogen-bond acceptors (Lipinski definition) is 2. The Kier molecular flexibility index (Phi) is 5.78. The standard InChI is InChI=1S/C13H17FN2O3/c1-2-11(7-12(17)18)16-13(19)15-8-9-3-5-10(14)6-4-9/h3-6,11H,2,7-8H2,1H3,(H,17,18)(H2,15,16,19). The molecule has 5 nitrogen and oxygen atoms in total. The van der Waals surface area contributed by atoms with Gasteiger partial charge in [0.2, 0.25) is 0 Å². The average molecular weight is 268 g/mol. The van der Waals surface area contributed by atoms with E-state index in [4.69, 9.17) is 5.11 Å². The lowest BCUT2D eigenvalue weighted by atomic mass is 10.1. The predicted octanol–water partition coefficient (Wildman–Crippen LogP) is 1.88. The highest BCUT2D eigenvalue weighted by Crippen LogP contribution is 2.02. The van der Waals surface area contributed by atoms with Gasteiger partial charge in [0.15, 0.2) is 0 Å². The fourth-order valence-electron chi connectivity index (χ4n) is 1.53. The van der Waals surface area contributed by atoms with Crippen LogP contribution >= 0.6 is 0 Å². The minimum absolute atomic E-state index is 0.111. The SMILES string of the molecule is CCC(CC(=O)O)NC(=O)NCc1ccc(F)cc1. The summed E-state index contributed by atoms with van der Waals surface area (Å²) in [6, 6.07) is 4.94. The van der Waals surface area contributed by atoms with Crippen LogP contribution in [0, 0.1) is 5.82 Å². The summed E-state index contributed by atoms with van der Waals surface area (Å²) < 4.78 is 12.7. The molecule has 0 bridgehead atoms. The quantitative estimate of drug-likeness (QED) is 0.737. The summed E-state index contributed by atoms with van der Waals surface area (Å²) in [6.45, 7) is 2.06. The molecule has 0 aliphatic carbocycles. The Hall–Kier alpha value is -2.11. The maximum atomic E-state index is 12.7. The molecule has 0 aliphatic heterocycles. The third-order valence-electron chi connectivity index (χ3n) is 2.62. The van der Waals surface area contributed by atoms with E-state index in [9.17, 15) is 14.0 Å². The molecule has 2 amide bonds. The lowest BCUT2D eigenvalue weighted by Crippen LogP contribution is -2.42. The molecule has 0 spiro atoms. The van der Waals surface area contributed by atoms with Crippen molar-refractivity contribution in [2.45, 2.75) is 32.4 Å². The van der Waals surface area contributed by atoms with E-state index in [-0.39, 0.29) is 18.8 Å². The Morgan fingerprint density at radius 1 is 1.32 bits per heavy atom. The van der Waals surface area contributed by atoms with Gasteiger partial charge >= 0.3 is 12.0 Å². The van der Waals surface area contributed by atoms with Gasteiger partial charge in [-0.15, -0.1) is 0 Å². The molecule has 1 aromatic rings. The summed E-state index contributed by atoms with van der Waals surface area (Å²) in [5.41, 5.74) is 0.767. The topological polar surface area (TPSA) is 78.4 Å². The van der Waals surface area contributed by atoms with Crippen molar-refractivity contribution in [1.82, 2.24) is 10.6 Å². The zero-order valence-electron chi connectivity index (χ0n) is 10.6. The van der Waals surface area contributed by atoms with Gasteiger partial charge in [-0.2, -0.15) is 0 Å². The molecule has 19 heavy (non-hydrogen) atoms. The first-order chi connectivity index (χ1) is 9.01. The van der Waals surface area contributed by atoms with Crippen LogP contribution in [0.1, 0.15) is 25.3 Å². The van der Waals surface area contributed by atoms with E-state index < -0.39 is 18.0 Å². The van der Waals surface area contributed by atoms with Crippen LogP contribution in [0.3, 0.4) is 0 Å². The van der Waals surface area contributed by atoms with Gasteiger partial charge in [0.05, 0.1) is 6.42 Å². The van der Waals surface area contributed by atoms with Crippen molar-refractivity contribution >= 4 is 12.0 Å². The molecule has 1 unspecified atom stereocenters. The van der Waals surface area contributed by atoms with Gasteiger partial charge in [0, 0.05) is 12.6 Å². The van der Waals surface area contributed by atoms with Crippen LogP contribution in [0.2, 0.25) is 0 Å². The third-order valence-corrected chi connectivity index (χ3v) is 2.62. The molecule has 0 saturated heterocycles. The van der Waals surface area contributed by atoms with Gasteiger partial charge in [-0.3, -0.25) is 4.79 Å². The number of carbonyl (C=O) groups is 2. The summed E-state index contributed by atoms with van der Waals surface area (Å²) in [6.07, 6.45) is 0.427. The normalized spacial score (nSPS) is 11.7. The van der Waals surface area contributed by atoms with E-state index in [1.165, 1.54) is 12.1 Å². The molecule has 0 saturated carbocycles. The highest BCUT2D eigenvalue weighted by atomic mass is 19.1. The van der Waals surface area contributed by atoms with Crippen molar-refractivity contribution < 1.29 is 19.1 Å². The van der Waals surface area contributed by atoms with Gasteiger partial charge in [-0.1, -0.05) is 19.1 Å². The minimum Gasteiger partial charge on any atom is -0.481 e. The third kappa shape index (κ3) is 5.85. The highest BCUT2D eigenvalue weighted by molar-refractivity contribution is 5.75. The summed E-state index contributed by atoms with van der Waals surface area (Å²) in [5.74, 6) is -1.29. The number of nitrogens with one attached hydrogen (secondary N) is 2. The number of hydrogen-bond donors (Lipinski definition) is 3. The predicted molar refractivity (Wildman–Crippen MR) is 68.1 cm³/mol. The number of carboxylic acid groups (broad SMARTS) is 1. The van der Waals surface area contributed by atoms with Crippen LogP contribution in [0.15, 0.2) is 24.3 Å². The number of carbonyl (C=O) groups excluding carboxylic acids is 1. The zero-order chi connectivity index (χ0) is 14.3. The van der Waals surface area contributed by atoms with Crippen molar-refractivity contribution in [2.24, 2.45) is 0 Å². The van der Waals surface area contributed by atoms with Crippen molar-refractivity contribution in [3.05, 3.63) is 35.6 Å². The maximum Gasteiger partial charge on any atom is 0.315 e. The van der Waals surface area contributed by atoms with Crippen molar-refractivity contribution in [3.8, 4) is 0 Å². The van der Waals surface area contributed by atoms with Crippen molar-refractivity contribution in [2.75, 3.05) is 0 Å². The van der Waals surface area contributed by atoms with Crippen LogP contribution in [0.5, 0.6) is 0 Å². The summed E-state index contributed by atoms with van der Waals surface area (Å²) >= 11 is 0. The molecular formula is C13H17FN2O3. The van der Waals surface area contributed by atoms with Crippen LogP contribution in [0.25, 0.3) is 0 Å². The number of rotatable bonds is 6. The Bertz CT molecular complexity index is 434. The van der Waals surface area contributed by atoms with E-state index in [1.807, 2.05) is 0 Å². The number of benzene rings is 1. The zero-order valence-corrected chi connectivity index (χ0v) is 10.6. The van der Waals surface area contributed by atoms with Crippen LogP contribution < -0.4 is 10.6 Å². The van der Waals surface area contributed by atoms with E-state index >= 15 is 0 Å². The first-order valence-corrected chi connectivity index (χ1v) is 6.02. The molecule has 0 aliphatic rings. The number of carboxylic acids is 1. The fourth-order valence-corrected chi connectivity index (χ4v) is 1.53. The number of urea groups is 1. The van der Waals surface area contributed by atoms with Gasteiger partial charge in [-0.05, 0) is 24.1 Å². The minimum atomic E-state index is -0.953. The van der Waals surface area contributed by atoms with Crippen LogP contribution in [0.4, 0.5) is 9.18 Å². The van der Waals surface area contributed by atoms with Gasteiger partial charge < -0.3 is 15.7 Å². The van der Waals surface area contributed by atoms with Gasteiger partial charge in [0.25, 0.3) is 0 Å². The van der Waals surface area contributed by atoms with Crippen molar-refractivity contribution in [1.29, 1.82) is 0 Å². The maximum absolute atomic E-state index is 12.7. The van der Waals surface area contributed by atoms with Gasteiger partial charge in [0.1, 0.15) is 5.82 Å². The second-order valence-electron chi connectivity index (χ2n) is 4.16. The molecule has 6 heteroatoms. The van der Waals surface area contributed by atoms with Crippen LogP contribution in [-0.2, 0) is 11.3 Å². The summed E-state index contributed by atoms with van der Waals surface area (Å²) in [5, 5.41) is 13.8. The Morgan fingerprint density at radius 2 is 1.95 bits per heavy atom. The highest BCUT2D eigenvalue weighted by Gasteiger charge is 2.13. The number of aliphatic carboxylic acids is 1.